The van der Waals surface area contributed by atoms with Crippen molar-refractivity contribution >= 4 is 11.9 Å². The van der Waals surface area contributed by atoms with E-state index < -0.39 is 11.9 Å². The Morgan fingerprint density at radius 2 is 1.82 bits per heavy atom. The van der Waals surface area contributed by atoms with E-state index in [9.17, 15) is 4.79 Å². The summed E-state index contributed by atoms with van der Waals surface area (Å²) in [7, 11) is 0. The van der Waals surface area contributed by atoms with Crippen molar-refractivity contribution in [2.75, 3.05) is 0 Å². The number of hydrogen-bond donors (Lipinski definition) is 3. The van der Waals surface area contributed by atoms with Crippen LogP contribution in [0.3, 0.4) is 0 Å². The van der Waals surface area contributed by atoms with E-state index in [1.54, 1.807) is 0 Å². The van der Waals surface area contributed by atoms with Gasteiger partial charge in [-0.2, -0.15) is 4.99 Å². The molecule has 0 aromatic carbocycles. The Kier molecular flexibility index (Phi) is 3.53. The summed E-state index contributed by atoms with van der Waals surface area (Å²) < 4.78 is 0. The highest BCUT2D eigenvalue weighted by atomic mass is 16.1. The summed E-state index contributed by atoms with van der Waals surface area (Å²) in [4.78, 5) is 14.2. The van der Waals surface area contributed by atoms with Crippen LogP contribution in [-0.2, 0) is 4.79 Å². The second-order valence-corrected chi connectivity index (χ2v) is 2.64. The summed E-state index contributed by atoms with van der Waals surface area (Å²) in [5, 5.41) is 0. The molecule has 0 radical (unpaired) electrons. The number of carbonyl (C=O) groups excluding carboxylic acids is 1. The minimum Gasteiger partial charge on any atom is -0.370 e. The van der Waals surface area contributed by atoms with Crippen LogP contribution in [0.2, 0.25) is 0 Å². The van der Waals surface area contributed by atoms with Gasteiger partial charge in [0.1, 0.15) is 0 Å². The SMILES string of the molecule is CC(C)C(N)C(=O)N=C(N)N. The summed E-state index contributed by atoms with van der Waals surface area (Å²) in [6, 6.07) is -0.614. The fraction of sp³-hybridized carbons (Fsp3) is 0.667. The molecule has 0 heterocycles. The van der Waals surface area contributed by atoms with E-state index in [0.717, 1.165) is 0 Å². The summed E-state index contributed by atoms with van der Waals surface area (Å²) >= 11 is 0. The zero-order chi connectivity index (χ0) is 9.02. The molecular weight excluding hydrogens is 144 g/mol. The molecule has 64 valence electrons. The standard InChI is InChI=1S/C6H14N4O/c1-3(2)4(7)5(11)10-6(8)9/h3-4H,7H2,1-2H3,(H4,8,9,10,11). The zero-order valence-corrected chi connectivity index (χ0v) is 6.74. The minimum atomic E-state index is -0.614. The van der Waals surface area contributed by atoms with Gasteiger partial charge < -0.3 is 17.2 Å². The van der Waals surface area contributed by atoms with Crippen LogP contribution in [0.5, 0.6) is 0 Å². The van der Waals surface area contributed by atoms with Gasteiger partial charge in [-0.3, -0.25) is 4.79 Å². The van der Waals surface area contributed by atoms with Gasteiger partial charge in [0.15, 0.2) is 5.96 Å². The Morgan fingerprint density at radius 1 is 1.36 bits per heavy atom. The highest BCUT2D eigenvalue weighted by Crippen LogP contribution is 1.99. The summed E-state index contributed by atoms with van der Waals surface area (Å²) in [6.07, 6.45) is 0. The van der Waals surface area contributed by atoms with Gasteiger partial charge in [-0.25, -0.2) is 0 Å². The maximum absolute atomic E-state index is 10.9. The Balaban J connectivity index is 4.15. The molecule has 1 amide bonds. The van der Waals surface area contributed by atoms with Crippen LogP contribution < -0.4 is 17.2 Å². The zero-order valence-electron chi connectivity index (χ0n) is 6.74. The first-order valence-electron chi connectivity index (χ1n) is 3.34. The molecule has 0 spiro atoms. The van der Waals surface area contributed by atoms with Crippen LogP contribution in [0.4, 0.5) is 0 Å². The molecule has 0 aliphatic heterocycles. The number of rotatable bonds is 2. The maximum Gasteiger partial charge on any atom is 0.266 e. The van der Waals surface area contributed by atoms with Crippen LogP contribution in [0.1, 0.15) is 13.8 Å². The molecule has 0 saturated carbocycles. The van der Waals surface area contributed by atoms with Crippen molar-refractivity contribution in [3.05, 3.63) is 0 Å². The van der Waals surface area contributed by atoms with Crippen molar-refractivity contribution in [1.82, 2.24) is 0 Å². The number of aliphatic imine (C=N–C) groups is 1. The van der Waals surface area contributed by atoms with Gasteiger partial charge >= 0.3 is 0 Å². The molecule has 0 rings (SSSR count). The molecule has 0 fully saturated rings. The lowest BCUT2D eigenvalue weighted by Gasteiger charge is -2.10. The first-order chi connectivity index (χ1) is 4.95. The average molecular weight is 158 g/mol. The molecule has 5 nitrogen and oxygen atoms in total. The Hall–Kier alpha value is -1.10. The van der Waals surface area contributed by atoms with E-state index in [1.807, 2.05) is 13.8 Å². The largest absolute Gasteiger partial charge is 0.370 e. The van der Waals surface area contributed by atoms with Crippen molar-refractivity contribution in [2.24, 2.45) is 28.1 Å². The van der Waals surface area contributed by atoms with Crippen molar-refractivity contribution < 1.29 is 4.79 Å². The van der Waals surface area contributed by atoms with Crippen molar-refractivity contribution in [2.45, 2.75) is 19.9 Å². The first kappa shape index (κ1) is 9.90. The van der Waals surface area contributed by atoms with Gasteiger partial charge in [0, 0.05) is 0 Å². The molecule has 0 aliphatic carbocycles. The van der Waals surface area contributed by atoms with Gasteiger partial charge in [0.2, 0.25) is 0 Å². The number of nitrogens with zero attached hydrogens (tertiary/aromatic N) is 1. The molecule has 6 N–H and O–H groups in total. The van der Waals surface area contributed by atoms with E-state index in [2.05, 4.69) is 4.99 Å². The summed E-state index contributed by atoms with van der Waals surface area (Å²) in [5.41, 5.74) is 15.4. The van der Waals surface area contributed by atoms with Crippen molar-refractivity contribution in [1.29, 1.82) is 0 Å². The molecule has 0 bridgehead atoms. The van der Waals surface area contributed by atoms with Crippen LogP contribution in [0, 0.1) is 5.92 Å². The van der Waals surface area contributed by atoms with Gasteiger partial charge in [0.05, 0.1) is 6.04 Å². The molecule has 1 unspecified atom stereocenters. The van der Waals surface area contributed by atoms with Crippen molar-refractivity contribution in [3.63, 3.8) is 0 Å². The lowest BCUT2D eigenvalue weighted by atomic mass is 10.1. The Morgan fingerprint density at radius 3 is 2.09 bits per heavy atom. The second-order valence-electron chi connectivity index (χ2n) is 2.64. The third-order valence-corrected chi connectivity index (χ3v) is 1.24. The fourth-order valence-electron chi connectivity index (χ4n) is 0.487. The normalized spacial score (nSPS) is 12.7. The molecule has 0 aromatic rings. The van der Waals surface area contributed by atoms with Crippen LogP contribution >= 0.6 is 0 Å². The van der Waals surface area contributed by atoms with E-state index in [-0.39, 0.29) is 11.9 Å². The lowest BCUT2D eigenvalue weighted by molar-refractivity contribution is -0.119. The minimum absolute atomic E-state index is 0.0469. The number of hydrogen-bond acceptors (Lipinski definition) is 2. The Labute approximate surface area is 65.6 Å². The monoisotopic (exact) mass is 158 g/mol. The first-order valence-corrected chi connectivity index (χ1v) is 3.34. The second kappa shape index (κ2) is 3.92. The van der Waals surface area contributed by atoms with Gasteiger partial charge in [-0.05, 0) is 5.92 Å². The topological polar surface area (TPSA) is 107 Å². The number of amides is 1. The molecule has 0 aliphatic rings. The van der Waals surface area contributed by atoms with E-state index in [0.29, 0.717) is 0 Å². The van der Waals surface area contributed by atoms with Crippen LogP contribution in [0.25, 0.3) is 0 Å². The van der Waals surface area contributed by atoms with E-state index in [1.165, 1.54) is 0 Å². The maximum atomic E-state index is 10.9. The van der Waals surface area contributed by atoms with Gasteiger partial charge in [0.25, 0.3) is 5.91 Å². The molecule has 5 heteroatoms. The van der Waals surface area contributed by atoms with Crippen LogP contribution in [-0.4, -0.2) is 17.9 Å². The van der Waals surface area contributed by atoms with Gasteiger partial charge in [-0.15, -0.1) is 0 Å². The molecule has 1 atom stereocenters. The third-order valence-electron chi connectivity index (χ3n) is 1.24. The van der Waals surface area contributed by atoms with E-state index in [4.69, 9.17) is 17.2 Å². The van der Waals surface area contributed by atoms with Crippen LogP contribution in [0.15, 0.2) is 4.99 Å². The summed E-state index contributed by atoms with van der Waals surface area (Å²) in [6.45, 7) is 3.65. The molecule has 0 saturated heterocycles. The van der Waals surface area contributed by atoms with Gasteiger partial charge in [-0.1, -0.05) is 13.8 Å². The molecule has 11 heavy (non-hydrogen) atoms. The van der Waals surface area contributed by atoms with E-state index >= 15 is 0 Å². The Bertz CT molecular complexity index is 171. The fourth-order valence-corrected chi connectivity index (χ4v) is 0.487. The average Bonchev–Trinajstić information content (AvgIpc) is 1.84. The lowest BCUT2D eigenvalue weighted by Crippen LogP contribution is -2.36. The highest BCUT2D eigenvalue weighted by Gasteiger charge is 2.16. The molecular formula is C6H14N4O. The predicted octanol–water partition coefficient (Wildman–Crippen LogP) is -1.23. The van der Waals surface area contributed by atoms with Crippen molar-refractivity contribution in [3.8, 4) is 0 Å². The number of nitrogens with two attached hydrogens (primary N) is 3. The number of carbonyl (C=O) groups is 1. The predicted molar refractivity (Wildman–Crippen MR) is 43.6 cm³/mol. The highest BCUT2D eigenvalue weighted by molar-refractivity contribution is 5.94. The quantitative estimate of drug-likeness (QED) is 0.345. The third kappa shape index (κ3) is 3.57. The molecule has 0 aromatic heterocycles. The number of guanidine groups is 1. The smallest absolute Gasteiger partial charge is 0.266 e. The summed E-state index contributed by atoms with van der Waals surface area (Å²) in [5.74, 6) is -0.670.